The van der Waals surface area contributed by atoms with E-state index in [1.165, 1.54) is 11.1 Å². The number of fused-ring (bicyclic) bond motifs is 2. The normalized spacial score (nSPS) is 22.0. The van der Waals surface area contributed by atoms with E-state index in [1.54, 1.807) is 0 Å². The molecule has 4 rings (SSSR count). The number of benzene rings is 1. The van der Waals surface area contributed by atoms with Crippen LogP contribution < -0.4 is 16.0 Å². The van der Waals surface area contributed by atoms with Crippen LogP contribution in [0.15, 0.2) is 36.7 Å². The van der Waals surface area contributed by atoms with Gasteiger partial charge in [-0.1, -0.05) is 19.1 Å². The van der Waals surface area contributed by atoms with Gasteiger partial charge in [-0.25, -0.2) is 0 Å². The molecule has 1 aromatic carbocycles. The summed E-state index contributed by atoms with van der Waals surface area (Å²) in [6.45, 7) is 2.17. The van der Waals surface area contributed by atoms with Crippen molar-refractivity contribution in [1.82, 2.24) is 4.98 Å². The molecule has 0 spiro atoms. The molecule has 0 amide bonds. The van der Waals surface area contributed by atoms with E-state index >= 15 is 0 Å². The lowest BCUT2D eigenvalue weighted by molar-refractivity contribution is 0.871. The molecule has 1 aromatic heterocycles. The molecule has 2 aliphatic heterocycles. The van der Waals surface area contributed by atoms with Crippen LogP contribution >= 0.6 is 12.2 Å². The Bertz CT molecular complexity index is 714. The largest absolute Gasteiger partial charge is 0.360 e. The van der Waals surface area contributed by atoms with E-state index in [0.717, 1.165) is 28.5 Å². The van der Waals surface area contributed by atoms with Crippen molar-refractivity contribution >= 4 is 34.3 Å². The molecule has 2 aliphatic rings. The zero-order chi connectivity index (χ0) is 14.4. The van der Waals surface area contributed by atoms with Crippen LogP contribution in [0.3, 0.4) is 0 Å². The van der Waals surface area contributed by atoms with Crippen LogP contribution in [0, 0.1) is 0 Å². The molecule has 3 heterocycles. The van der Waals surface area contributed by atoms with E-state index in [4.69, 9.17) is 12.2 Å². The topological polar surface area (TPSA) is 49.0 Å². The van der Waals surface area contributed by atoms with Crippen molar-refractivity contribution in [3.8, 4) is 0 Å². The van der Waals surface area contributed by atoms with Crippen LogP contribution in [0.4, 0.5) is 17.1 Å². The molecule has 0 bridgehead atoms. The summed E-state index contributed by atoms with van der Waals surface area (Å²) >= 11 is 5.43. The third kappa shape index (κ3) is 1.96. The van der Waals surface area contributed by atoms with Crippen molar-refractivity contribution in [3.05, 3.63) is 47.8 Å². The van der Waals surface area contributed by atoms with Crippen molar-refractivity contribution < 1.29 is 0 Å². The zero-order valence-corrected chi connectivity index (χ0v) is 12.5. The molecule has 3 N–H and O–H groups in total. The molecule has 2 atom stereocenters. The third-order valence-corrected chi connectivity index (χ3v) is 4.57. The molecule has 2 unspecified atom stereocenters. The Kier molecular flexibility index (Phi) is 2.82. The van der Waals surface area contributed by atoms with Gasteiger partial charge in [0.2, 0.25) is 0 Å². The van der Waals surface area contributed by atoms with Gasteiger partial charge >= 0.3 is 0 Å². The van der Waals surface area contributed by atoms with E-state index in [9.17, 15) is 0 Å². The molecule has 5 heteroatoms. The van der Waals surface area contributed by atoms with Gasteiger partial charge in [-0.05, 0) is 41.8 Å². The van der Waals surface area contributed by atoms with Crippen molar-refractivity contribution in [1.29, 1.82) is 0 Å². The molecule has 0 radical (unpaired) electrons. The lowest BCUT2D eigenvalue weighted by Crippen LogP contribution is -2.12. The maximum atomic E-state index is 5.43. The maximum absolute atomic E-state index is 5.43. The molecule has 0 aliphatic carbocycles. The van der Waals surface area contributed by atoms with Crippen LogP contribution in [0.1, 0.15) is 36.6 Å². The molecule has 0 saturated carbocycles. The maximum Gasteiger partial charge on any atom is 0.123 e. The minimum absolute atomic E-state index is 0.0950. The Morgan fingerprint density at radius 3 is 2.52 bits per heavy atom. The first-order chi connectivity index (χ1) is 10.3. The van der Waals surface area contributed by atoms with Crippen LogP contribution in [0.5, 0.6) is 0 Å². The van der Waals surface area contributed by atoms with Gasteiger partial charge in [0.15, 0.2) is 0 Å². The lowest BCUT2D eigenvalue weighted by Gasteiger charge is -2.12. The average molecular weight is 296 g/mol. The molecule has 0 fully saturated rings. The number of anilines is 3. The number of thiocarbonyl (C=S) groups is 1. The van der Waals surface area contributed by atoms with Gasteiger partial charge in [0.1, 0.15) is 6.17 Å². The summed E-state index contributed by atoms with van der Waals surface area (Å²) in [5, 5.41) is 10.4. The Balaban J connectivity index is 1.68. The van der Waals surface area contributed by atoms with Gasteiger partial charge in [-0.15, -0.1) is 0 Å². The summed E-state index contributed by atoms with van der Waals surface area (Å²) < 4.78 is 0. The Labute approximate surface area is 129 Å². The van der Waals surface area contributed by atoms with E-state index in [-0.39, 0.29) is 6.17 Å². The second kappa shape index (κ2) is 4.70. The SMILES string of the molecule is CCC1C(=S)Nc2cc3c(cc21)NC(c1ccncc1)N3. The first-order valence-electron chi connectivity index (χ1n) is 7.18. The fourth-order valence-electron chi connectivity index (χ4n) is 3.09. The van der Waals surface area contributed by atoms with E-state index < -0.39 is 0 Å². The minimum Gasteiger partial charge on any atom is -0.360 e. The van der Waals surface area contributed by atoms with Gasteiger partial charge < -0.3 is 16.0 Å². The van der Waals surface area contributed by atoms with Crippen LogP contribution in [-0.4, -0.2) is 9.97 Å². The van der Waals surface area contributed by atoms with Gasteiger partial charge in [0.05, 0.1) is 16.4 Å². The van der Waals surface area contributed by atoms with Gasteiger partial charge in [0.25, 0.3) is 0 Å². The fraction of sp³-hybridized carbons (Fsp3) is 0.250. The summed E-state index contributed by atoms with van der Waals surface area (Å²) in [6.07, 6.45) is 4.75. The highest BCUT2D eigenvalue weighted by molar-refractivity contribution is 7.80. The van der Waals surface area contributed by atoms with Gasteiger partial charge in [-0.3, -0.25) is 4.98 Å². The highest BCUT2D eigenvalue weighted by Crippen LogP contribution is 2.44. The number of nitrogens with one attached hydrogen (secondary N) is 3. The van der Waals surface area contributed by atoms with Gasteiger partial charge in [-0.2, -0.15) is 0 Å². The zero-order valence-electron chi connectivity index (χ0n) is 11.7. The van der Waals surface area contributed by atoms with Crippen LogP contribution in [0.2, 0.25) is 0 Å². The predicted octanol–water partition coefficient (Wildman–Crippen LogP) is 3.86. The summed E-state index contributed by atoms with van der Waals surface area (Å²) in [4.78, 5) is 5.00. The average Bonchev–Trinajstić information content (AvgIpc) is 3.04. The van der Waals surface area contributed by atoms with Crippen molar-refractivity contribution in [3.63, 3.8) is 0 Å². The second-order valence-electron chi connectivity index (χ2n) is 5.44. The molecular formula is C16H16N4S. The van der Waals surface area contributed by atoms with Crippen molar-refractivity contribution in [2.75, 3.05) is 16.0 Å². The third-order valence-electron chi connectivity index (χ3n) is 4.19. The van der Waals surface area contributed by atoms with Crippen molar-refractivity contribution in [2.45, 2.75) is 25.4 Å². The molecule has 106 valence electrons. The van der Waals surface area contributed by atoms with Gasteiger partial charge in [0, 0.05) is 24.0 Å². The predicted molar refractivity (Wildman–Crippen MR) is 89.9 cm³/mol. The standard InChI is InChI=1S/C16H16N4S/c1-2-10-11-7-13-14(8-12(11)20-16(10)21)19-15(18-13)9-3-5-17-6-4-9/h3-8,10,15,18-19H,2H2,1H3,(H,20,21). The smallest absolute Gasteiger partial charge is 0.123 e. The summed E-state index contributed by atoms with van der Waals surface area (Å²) in [5.41, 5.74) is 5.86. The molecule has 2 aromatic rings. The minimum atomic E-state index is 0.0950. The molecular weight excluding hydrogens is 280 g/mol. The first kappa shape index (κ1) is 12.6. The number of hydrogen-bond donors (Lipinski definition) is 3. The molecule has 4 nitrogen and oxygen atoms in total. The Morgan fingerprint density at radius 2 is 1.81 bits per heavy atom. The van der Waals surface area contributed by atoms with Crippen molar-refractivity contribution in [2.24, 2.45) is 0 Å². The van der Waals surface area contributed by atoms with E-state index in [0.29, 0.717) is 5.92 Å². The quantitative estimate of drug-likeness (QED) is 0.735. The number of nitrogens with zero attached hydrogens (tertiary/aromatic N) is 1. The number of aromatic nitrogens is 1. The fourth-order valence-corrected chi connectivity index (χ4v) is 3.49. The highest BCUT2D eigenvalue weighted by atomic mass is 32.1. The van der Waals surface area contributed by atoms with E-state index in [2.05, 4.69) is 40.0 Å². The number of pyridine rings is 1. The lowest BCUT2D eigenvalue weighted by atomic mass is 9.98. The molecule has 0 saturated heterocycles. The Morgan fingerprint density at radius 1 is 1.10 bits per heavy atom. The second-order valence-corrected chi connectivity index (χ2v) is 5.88. The number of rotatable bonds is 2. The first-order valence-corrected chi connectivity index (χ1v) is 7.59. The highest BCUT2D eigenvalue weighted by Gasteiger charge is 2.30. The van der Waals surface area contributed by atoms with Crippen LogP contribution in [0.25, 0.3) is 0 Å². The van der Waals surface area contributed by atoms with E-state index in [1.807, 2.05) is 24.5 Å². The number of hydrogen-bond acceptors (Lipinski definition) is 4. The van der Waals surface area contributed by atoms with Crippen LogP contribution in [-0.2, 0) is 0 Å². The Hall–Kier alpha value is -2.14. The summed E-state index contributed by atoms with van der Waals surface area (Å²) in [7, 11) is 0. The monoisotopic (exact) mass is 296 g/mol. The molecule has 21 heavy (non-hydrogen) atoms. The summed E-state index contributed by atoms with van der Waals surface area (Å²) in [5.74, 6) is 0.335. The summed E-state index contributed by atoms with van der Waals surface area (Å²) in [6, 6.07) is 8.42.